The molecule has 3 aromatic rings. The molecule has 1 heterocycles. The molecule has 5 nitrogen and oxygen atoms in total. The van der Waals surface area contributed by atoms with Crippen LogP contribution in [0.1, 0.15) is 10.4 Å². The topological polar surface area (TPSA) is 70.2 Å². The molecule has 0 aliphatic heterocycles. The summed E-state index contributed by atoms with van der Waals surface area (Å²) in [7, 11) is 3.35. The van der Waals surface area contributed by atoms with Gasteiger partial charge in [0.1, 0.15) is 6.04 Å². The second kappa shape index (κ2) is 9.48. The molecule has 146 valence electrons. The van der Waals surface area contributed by atoms with Gasteiger partial charge in [0.05, 0.1) is 6.04 Å². The van der Waals surface area contributed by atoms with E-state index in [0.29, 0.717) is 12.8 Å². The molecule has 2 atom stereocenters. The lowest BCUT2D eigenvalue weighted by molar-refractivity contribution is -0.129. The Hall–Kier alpha value is -2.70. The first kappa shape index (κ1) is 20.0. The van der Waals surface area contributed by atoms with E-state index in [-0.39, 0.29) is 11.8 Å². The first-order chi connectivity index (χ1) is 13.6. The molecule has 28 heavy (non-hydrogen) atoms. The number of nitrogens with one attached hydrogen (secondary N) is 3. The minimum absolute atomic E-state index is 0.180. The van der Waals surface area contributed by atoms with Crippen LogP contribution in [0, 0.1) is 0 Å². The molecule has 0 saturated heterocycles. The standard InChI is InChI=1S/C22H25N3O2S/c1-23-19(13-15-9-10-16-6-3-4-7-17(16)12-15)22(27)25-20(21(26)24-2)14-18-8-5-11-28-18/h3-12,19-20,23H,13-14H2,1-2H3,(H,24,26)(H,25,27)/t19?,20-/m1/s1. The van der Waals surface area contributed by atoms with Gasteiger partial charge < -0.3 is 16.0 Å². The van der Waals surface area contributed by atoms with Crippen LogP contribution in [0.4, 0.5) is 0 Å². The highest BCUT2D eigenvalue weighted by atomic mass is 32.1. The number of amides is 2. The highest BCUT2D eigenvalue weighted by molar-refractivity contribution is 7.09. The van der Waals surface area contributed by atoms with Gasteiger partial charge in [-0.3, -0.25) is 9.59 Å². The second-order valence-corrected chi connectivity index (χ2v) is 7.72. The minimum Gasteiger partial charge on any atom is -0.357 e. The molecule has 1 aromatic heterocycles. The van der Waals surface area contributed by atoms with Crippen LogP contribution < -0.4 is 16.0 Å². The van der Waals surface area contributed by atoms with Crippen LogP contribution in [0.15, 0.2) is 60.0 Å². The number of thiophene rings is 1. The second-order valence-electron chi connectivity index (χ2n) is 6.69. The number of benzene rings is 2. The summed E-state index contributed by atoms with van der Waals surface area (Å²) in [6, 6.07) is 17.3. The molecule has 0 radical (unpaired) electrons. The van der Waals surface area contributed by atoms with Crippen molar-refractivity contribution in [3.63, 3.8) is 0 Å². The van der Waals surface area contributed by atoms with Crippen LogP contribution in [0.2, 0.25) is 0 Å². The third-order valence-corrected chi connectivity index (χ3v) is 5.68. The van der Waals surface area contributed by atoms with Gasteiger partial charge in [0.25, 0.3) is 0 Å². The van der Waals surface area contributed by atoms with E-state index in [1.165, 1.54) is 5.39 Å². The minimum atomic E-state index is -0.594. The van der Waals surface area contributed by atoms with Crippen molar-refractivity contribution < 1.29 is 9.59 Å². The first-order valence-electron chi connectivity index (χ1n) is 9.30. The van der Waals surface area contributed by atoms with Crippen molar-refractivity contribution in [2.24, 2.45) is 0 Å². The Kier molecular flexibility index (Phi) is 6.79. The van der Waals surface area contributed by atoms with Gasteiger partial charge in [-0.2, -0.15) is 0 Å². The highest BCUT2D eigenvalue weighted by Gasteiger charge is 2.25. The van der Waals surface area contributed by atoms with Crippen molar-refractivity contribution in [2.45, 2.75) is 24.9 Å². The van der Waals surface area contributed by atoms with Crippen molar-refractivity contribution in [1.29, 1.82) is 0 Å². The Morgan fingerprint density at radius 2 is 1.68 bits per heavy atom. The first-order valence-corrected chi connectivity index (χ1v) is 10.2. The highest BCUT2D eigenvalue weighted by Crippen LogP contribution is 2.17. The zero-order chi connectivity index (χ0) is 19.9. The van der Waals surface area contributed by atoms with E-state index in [4.69, 9.17) is 0 Å². The Morgan fingerprint density at radius 3 is 2.36 bits per heavy atom. The Morgan fingerprint density at radius 1 is 0.893 bits per heavy atom. The molecule has 0 aliphatic rings. The van der Waals surface area contributed by atoms with Crippen molar-refractivity contribution in [1.82, 2.24) is 16.0 Å². The number of fused-ring (bicyclic) bond motifs is 1. The number of hydrogen-bond acceptors (Lipinski definition) is 4. The average Bonchev–Trinajstić information content (AvgIpc) is 3.23. The van der Waals surface area contributed by atoms with Crippen LogP contribution in [-0.2, 0) is 22.4 Å². The van der Waals surface area contributed by atoms with Crippen molar-refractivity contribution in [3.05, 3.63) is 70.4 Å². The molecule has 0 aliphatic carbocycles. The van der Waals surface area contributed by atoms with Gasteiger partial charge in [0, 0.05) is 18.3 Å². The molecule has 3 rings (SSSR count). The summed E-state index contributed by atoms with van der Waals surface area (Å²) in [5.41, 5.74) is 1.07. The van der Waals surface area contributed by atoms with Gasteiger partial charge in [-0.1, -0.05) is 48.5 Å². The summed E-state index contributed by atoms with van der Waals surface area (Å²) in [6.07, 6.45) is 1.03. The Labute approximate surface area is 169 Å². The van der Waals surface area contributed by atoms with Crippen LogP contribution in [0.5, 0.6) is 0 Å². The zero-order valence-corrected chi connectivity index (χ0v) is 16.9. The van der Waals surface area contributed by atoms with E-state index >= 15 is 0 Å². The summed E-state index contributed by atoms with van der Waals surface area (Å²) in [6.45, 7) is 0. The van der Waals surface area contributed by atoms with E-state index in [9.17, 15) is 9.59 Å². The predicted octanol–water partition coefficient (Wildman–Crippen LogP) is 2.51. The molecule has 0 bridgehead atoms. The lowest BCUT2D eigenvalue weighted by atomic mass is 10.0. The van der Waals surface area contributed by atoms with Gasteiger partial charge in [-0.25, -0.2) is 0 Å². The average molecular weight is 396 g/mol. The number of carbonyl (C=O) groups is 2. The summed E-state index contributed by atoms with van der Waals surface area (Å²) in [5, 5.41) is 12.9. The summed E-state index contributed by atoms with van der Waals surface area (Å²) in [4.78, 5) is 26.2. The van der Waals surface area contributed by atoms with E-state index < -0.39 is 12.1 Å². The van der Waals surface area contributed by atoms with Crippen LogP contribution >= 0.6 is 11.3 Å². The van der Waals surface area contributed by atoms with Crippen LogP contribution in [0.25, 0.3) is 10.8 Å². The molecule has 0 fully saturated rings. The van der Waals surface area contributed by atoms with Gasteiger partial charge in [-0.05, 0) is 41.3 Å². The van der Waals surface area contributed by atoms with E-state index in [1.807, 2.05) is 35.7 Å². The smallest absolute Gasteiger partial charge is 0.242 e. The molecule has 2 aromatic carbocycles. The maximum absolute atomic E-state index is 12.9. The molecule has 2 amide bonds. The fraction of sp³-hybridized carbons (Fsp3) is 0.273. The molecule has 3 N–H and O–H groups in total. The predicted molar refractivity (Wildman–Crippen MR) is 115 cm³/mol. The summed E-state index contributed by atoms with van der Waals surface area (Å²) < 4.78 is 0. The number of rotatable bonds is 8. The van der Waals surface area contributed by atoms with Crippen molar-refractivity contribution in [3.8, 4) is 0 Å². The number of carbonyl (C=O) groups excluding carboxylic acids is 2. The molecule has 1 unspecified atom stereocenters. The SMILES string of the molecule is CNC(=O)[C@@H](Cc1cccs1)NC(=O)C(Cc1ccc2ccccc2c1)NC. The van der Waals surface area contributed by atoms with E-state index in [0.717, 1.165) is 15.8 Å². The third-order valence-electron chi connectivity index (χ3n) is 4.78. The van der Waals surface area contributed by atoms with Gasteiger partial charge in [0.2, 0.25) is 11.8 Å². The monoisotopic (exact) mass is 395 g/mol. The normalized spacial score (nSPS) is 13.1. The quantitative estimate of drug-likeness (QED) is 0.549. The van der Waals surface area contributed by atoms with Gasteiger partial charge in [0.15, 0.2) is 0 Å². The summed E-state index contributed by atoms with van der Waals surface area (Å²) >= 11 is 1.58. The van der Waals surface area contributed by atoms with Crippen molar-refractivity contribution in [2.75, 3.05) is 14.1 Å². The molecular formula is C22H25N3O2S. The van der Waals surface area contributed by atoms with Gasteiger partial charge in [-0.15, -0.1) is 11.3 Å². The molecule has 0 spiro atoms. The lowest BCUT2D eigenvalue weighted by Crippen LogP contribution is -2.53. The zero-order valence-electron chi connectivity index (χ0n) is 16.1. The number of hydrogen-bond donors (Lipinski definition) is 3. The molecular weight excluding hydrogens is 370 g/mol. The largest absolute Gasteiger partial charge is 0.357 e. The van der Waals surface area contributed by atoms with E-state index in [1.54, 1.807) is 25.4 Å². The Bertz CT molecular complexity index is 940. The van der Waals surface area contributed by atoms with Crippen LogP contribution in [-0.4, -0.2) is 38.0 Å². The maximum atomic E-state index is 12.9. The van der Waals surface area contributed by atoms with Gasteiger partial charge >= 0.3 is 0 Å². The third kappa shape index (κ3) is 4.97. The fourth-order valence-electron chi connectivity index (χ4n) is 3.21. The van der Waals surface area contributed by atoms with Crippen LogP contribution in [0.3, 0.4) is 0 Å². The van der Waals surface area contributed by atoms with E-state index in [2.05, 4.69) is 40.2 Å². The fourth-order valence-corrected chi connectivity index (χ4v) is 3.96. The lowest BCUT2D eigenvalue weighted by Gasteiger charge is -2.21. The number of likely N-dealkylation sites (N-methyl/N-ethyl adjacent to an activating group) is 2. The molecule has 0 saturated carbocycles. The summed E-state index contributed by atoms with van der Waals surface area (Å²) in [5.74, 6) is -0.372. The Balaban J connectivity index is 1.70. The van der Waals surface area contributed by atoms with Crippen molar-refractivity contribution >= 4 is 33.9 Å². The maximum Gasteiger partial charge on any atom is 0.242 e. The molecule has 6 heteroatoms.